The van der Waals surface area contributed by atoms with Crippen molar-refractivity contribution in [1.29, 1.82) is 5.41 Å². The van der Waals surface area contributed by atoms with Crippen LogP contribution in [0.1, 0.15) is 15.9 Å². The molecule has 0 spiro atoms. The molecular formula is C19H27N5O3. The van der Waals surface area contributed by atoms with E-state index in [0.29, 0.717) is 42.5 Å². The van der Waals surface area contributed by atoms with Crippen molar-refractivity contribution in [2.45, 2.75) is 6.92 Å². The van der Waals surface area contributed by atoms with E-state index in [9.17, 15) is 4.79 Å². The van der Waals surface area contributed by atoms with Gasteiger partial charge in [0.05, 0.1) is 25.3 Å². The van der Waals surface area contributed by atoms with Crippen molar-refractivity contribution in [1.82, 2.24) is 10.6 Å². The molecule has 0 bridgehead atoms. The van der Waals surface area contributed by atoms with E-state index in [1.165, 1.54) is 0 Å². The van der Waals surface area contributed by atoms with Gasteiger partial charge in [0.1, 0.15) is 17.9 Å². The second-order valence-electron chi connectivity index (χ2n) is 5.46. The molecule has 0 aliphatic rings. The van der Waals surface area contributed by atoms with Crippen molar-refractivity contribution < 1.29 is 14.3 Å². The van der Waals surface area contributed by atoms with Crippen LogP contribution in [0.2, 0.25) is 0 Å². The summed E-state index contributed by atoms with van der Waals surface area (Å²) in [5.74, 6) is 1.04. The van der Waals surface area contributed by atoms with Crippen LogP contribution >= 0.6 is 0 Å². The molecule has 0 aromatic heterocycles. The Bertz CT molecular complexity index is 713. The summed E-state index contributed by atoms with van der Waals surface area (Å²) in [6.45, 7) is 7.44. The number of aryl methyl sites for hydroxylation is 1. The standard InChI is InChI=1S/C19H27N5O3/c1-14-5-6-15(13-25)11-17(14)27-19(16(12-20)18(22-3)23-4)24-8-10-26-9-7-21-2/h5-6,11-13,20-21,23H,3,7-10H2,1-2,4H3/b18-16+,20-12?,24-19+. The first-order chi connectivity index (χ1) is 13.1. The molecule has 146 valence electrons. The van der Waals surface area contributed by atoms with E-state index in [2.05, 4.69) is 27.3 Å². The van der Waals surface area contributed by atoms with Crippen LogP contribution in [-0.4, -0.2) is 65.5 Å². The molecule has 0 aliphatic heterocycles. The Balaban J connectivity index is 3.13. The number of hydrogen-bond acceptors (Lipinski definition) is 8. The Morgan fingerprint density at radius 2 is 2.11 bits per heavy atom. The van der Waals surface area contributed by atoms with Crippen molar-refractivity contribution in [3.05, 3.63) is 40.7 Å². The van der Waals surface area contributed by atoms with Crippen molar-refractivity contribution in [2.75, 3.05) is 40.4 Å². The molecule has 0 heterocycles. The molecule has 0 unspecified atom stereocenters. The van der Waals surface area contributed by atoms with Crippen LogP contribution in [-0.2, 0) is 4.74 Å². The molecule has 27 heavy (non-hydrogen) atoms. The lowest BCUT2D eigenvalue weighted by Crippen LogP contribution is -2.21. The van der Waals surface area contributed by atoms with Crippen LogP contribution < -0.4 is 15.4 Å². The Morgan fingerprint density at radius 3 is 2.70 bits per heavy atom. The topological polar surface area (TPSA) is 108 Å². The van der Waals surface area contributed by atoms with Crippen LogP contribution in [0.25, 0.3) is 0 Å². The van der Waals surface area contributed by atoms with Gasteiger partial charge in [-0.15, -0.1) is 0 Å². The van der Waals surface area contributed by atoms with Gasteiger partial charge in [0, 0.05) is 25.4 Å². The monoisotopic (exact) mass is 373 g/mol. The fourth-order valence-corrected chi connectivity index (χ4v) is 2.09. The van der Waals surface area contributed by atoms with Gasteiger partial charge in [-0.25, -0.2) is 9.98 Å². The van der Waals surface area contributed by atoms with E-state index in [1.54, 1.807) is 25.2 Å². The predicted octanol–water partition coefficient (Wildman–Crippen LogP) is 1.60. The molecule has 1 aromatic carbocycles. The molecule has 8 nitrogen and oxygen atoms in total. The third-order valence-corrected chi connectivity index (χ3v) is 3.57. The van der Waals surface area contributed by atoms with E-state index in [-0.39, 0.29) is 5.90 Å². The number of aldehydes is 1. The minimum Gasteiger partial charge on any atom is -0.438 e. The maximum atomic E-state index is 11.1. The van der Waals surface area contributed by atoms with Gasteiger partial charge in [-0.2, -0.15) is 0 Å². The summed E-state index contributed by atoms with van der Waals surface area (Å²) < 4.78 is 11.4. The summed E-state index contributed by atoms with van der Waals surface area (Å²) in [6.07, 6.45) is 1.84. The van der Waals surface area contributed by atoms with Crippen molar-refractivity contribution in [3.8, 4) is 5.75 Å². The zero-order valence-corrected chi connectivity index (χ0v) is 16.0. The van der Waals surface area contributed by atoms with Crippen LogP contribution in [0.15, 0.2) is 39.6 Å². The Labute approximate surface area is 159 Å². The normalized spacial score (nSPS) is 12.2. The summed E-state index contributed by atoms with van der Waals surface area (Å²) in [6, 6.07) is 5.12. The molecule has 1 aromatic rings. The van der Waals surface area contributed by atoms with E-state index in [4.69, 9.17) is 14.9 Å². The molecule has 8 heteroatoms. The summed E-state index contributed by atoms with van der Waals surface area (Å²) in [5.41, 5.74) is 1.67. The number of aliphatic imine (C=N–C) groups is 2. The minimum absolute atomic E-state index is 0.199. The zero-order valence-electron chi connectivity index (χ0n) is 16.0. The van der Waals surface area contributed by atoms with Gasteiger partial charge < -0.3 is 25.5 Å². The number of hydrogen-bond donors (Lipinski definition) is 3. The number of nitrogens with one attached hydrogen (secondary N) is 3. The van der Waals surface area contributed by atoms with E-state index >= 15 is 0 Å². The zero-order chi connectivity index (χ0) is 20.1. The second-order valence-corrected chi connectivity index (χ2v) is 5.46. The number of rotatable bonds is 12. The largest absolute Gasteiger partial charge is 0.438 e. The highest BCUT2D eigenvalue weighted by Gasteiger charge is 2.15. The molecule has 0 radical (unpaired) electrons. The molecule has 0 fully saturated rings. The lowest BCUT2D eigenvalue weighted by molar-refractivity contribution is 0.112. The number of nitrogens with zero attached hydrogens (tertiary/aromatic N) is 2. The fraction of sp³-hybridized carbons (Fsp3) is 0.368. The molecular weight excluding hydrogens is 346 g/mol. The van der Waals surface area contributed by atoms with E-state index < -0.39 is 0 Å². The van der Waals surface area contributed by atoms with Gasteiger partial charge in [-0.05, 0) is 32.3 Å². The predicted molar refractivity (Wildman–Crippen MR) is 109 cm³/mol. The van der Waals surface area contributed by atoms with Gasteiger partial charge in [0.25, 0.3) is 0 Å². The van der Waals surface area contributed by atoms with Gasteiger partial charge in [-0.1, -0.05) is 12.1 Å². The van der Waals surface area contributed by atoms with E-state index in [1.807, 2.05) is 14.0 Å². The quantitative estimate of drug-likeness (QED) is 0.223. The van der Waals surface area contributed by atoms with Gasteiger partial charge in [0.15, 0.2) is 0 Å². The number of likely N-dealkylation sites (N-methyl/N-ethyl adjacent to an activating group) is 1. The maximum Gasteiger partial charge on any atom is 0.227 e. The highest BCUT2D eigenvalue weighted by molar-refractivity contribution is 6.13. The number of carbonyl (C=O) groups excluding carboxylic acids is 1. The summed E-state index contributed by atoms with van der Waals surface area (Å²) in [4.78, 5) is 19.4. The SMILES string of the molecule is C=N/C(NC)=C(C=N)\C(=N/CCOCCNC)Oc1cc(C=O)ccc1C. The van der Waals surface area contributed by atoms with E-state index in [0.717, 1.165) is 24.6 Å². The smallest absolute Gasteiger partial charge is 0.227 e. The lowest BCUT2D eigenvalue weighted by Gasteiger charge is -2.14. The van der Waals surface area contributed by atoms with Crippen LogP contribution in [0.4, 0.5) is 0 Å². The van der Waals surface area contributed by atoms with Crippen molar-refractivity contribution in [2.24, 2.45) is 9.98 Å². The average molecular weight is 373 g/mol. The molecule has 0 aliphatic carbocycles. The lowest BCUT2D eigenvalue weighted by atomic mass is 10.1. The Hall–Kier alpha value is -2.84. The third kappa shape index (κ3) is 7.12. The highest BCUT2D eigenvalue weighted by Crippen LogP contribution is 2.21. The highest BCUT2D eigenvalue weighted by atomic mass is 16.5. The van der Waals surface area contributed by atoms with Crippen molar-refractivity contribution >= 4 is 25.1 Å². The average Bonchev–Trinajstić information content (AvgIpc) is 2.69. The summed E-state index contributed by atoms with van der Waals surface area (Å²) in [5, 5.41) is 13.6. The summed E-state index contributed by atoms with van der Waals surface area (Å²) in [7, 11) is 3.52. The Morgan fingerprint density at radius 1 is 1.33 bits per heavy atom. The molecule has 0 amide bonds. The second kappa shape index (κ2) is 12.5. The van der Waals surface area contributed by atoms with Gasteiger partial charge in [-0.3, -0.25) is 4.79 Å². The van der Waals surface area contributed by atoms with Crippen LogP contribution in [0, 0.1) is 12.3 Å². The first-order valence-corrected chi connectivity index (χ1v) is 8.51. The molecule has 3 N–H and O–H groups in total. The molecule has 1 rings (SSSR count). The third-order valence-electron chi connectivity index (χ3n) is 3.57. The number of carbonyl (C=O) groups is 1. The van der Waals surface area contributed by atoms with Crippen molar-refractivity contribution in [3.63, 3.8) is 0 Å². The Kier molecular flexibility index (Phi) is 10.3. The first-order valence-electron chi connectivity index (χ1n) is 8.51. The maximum absolute atomic E-state index is 11.1. The van der Waals surface area contributed by atoms with Crippen LogP contribution in [0.5, 0.6) is 5.75 Å². The molecule has 0 atom stereocenters. The molecule has 0 saturated heterocycles. The summed E-state index contributed by atoms with van der Waals surface area (Å²) >= 11 is 0. The van der Waals surface area contributed by atoms with Gasteiger partial charge >= 0.3 is 0 Å². The van der Waals surface area contributed by atoms with Gasteiger partial charge in [0.2, 0.25) is 5.90 Å². The minimum atomic E-state index is 0.199. The first kappa shape index (κ1) is 22.2. The number of ether oxygens (including phenoxy) is 2. The number of benzene rings is 1. The fourth-order valence-electron chi connectivity index (χ4n) is 2.09. The molecule has 0 saturated carbocycles. The van der Waals surface area contributed by atoms with Crippen LogP contribution in [0.3, 0.4) is 0 Å².